The van der Waals surface area contributed by atoms with Crippen molar-refractivity contribution in [3.8, 4) is 0 Å². The van der Waals surface area contributed by atoms with E-state index >= 15 is 0 Å². The van der Waals surface area contributed by atoms with Crippen LogP contribution in [0.3, 0.4) is 0 Å². The van der Waals surface area contributed by atoms with E-state index in [2.05, 4.69) is 10.2 Å². The molecule has 152 valence electrons. The molecule has 1 N–H and O–H groups in total. The third kappa shape index (κ3) is 3.85. The van der Waals surface area contributed by atoms with Gasteiger partial charge in [-0.15, -0.1) is 0 Å². The maximum atomic E-state index is 12.5. The van der Waals surface area contributed by atoms with Crippen LogP contribution in [0, 0.1) is 0 Å². The van der Waals surface area contributed by atoms with Crippen molar-refractivity contribution in [1.29, 1.82) is 0 Å². The largest absolute Gasteiger partial charge is 0.372 e. The van der Waals surface area contributed by atoms with Gasteiger partial charge in [0.15, 0.2) is 0 Å². The zero-order valence-corrected chi connectivity index (χ0v) is 16.8. The fraction of sp³-hybridized carbons (Fsp3) is 0.333. The van der Waals surface area contributed by atoms with Gasteiger partial charge in [0.25, 0.3) is 15.9 Å². The van der Waals surface area contributed by atoms with Crippen LogP contribution in [0.25, 0.3) is 0 Å². The van der Waals surface area contributed by atoms with Crippen LogP contribution in [0.2, 0.25) is 0 Å². The standard InChI is InChI=1S/C21H23N3O4S/c25-20(15-24-21(26)18-7-3-4-8-19(18)29(24,27)28)22-16-9-11-17(12-10-16)23-13-5-1-2-6-14-23/h3-4,7-12H,1-2,5-6,13-15H2,(H,22,25). The van der Waals surface area contributed by atoms with E-state index in [9.17, 15) is 18.0 Å². The first-order chi connectivity index (χ1) is 14.0. The molecule has 0 aromatic heterocycles. The molecule has 4 rings (SSSR count). The van der Waals surface area contributed by atoms with Gasteiger partial charge in [-0.1, -0.05) is 25.0 Å². The van der Waals surface area contributed by atoms with Crippen molar-refractivity contribution >= 4 is 33.2 Å². The third-order valence-electron chi connectivity index (χ3n) is 5.32. The average Bonchev–Trinajstić information content (AvgIpc) is 2.93. The Balaban J connectivity index is 1.42. The highest BCUT2D eigenvalue weighted by Gasteiger charge is 2.41. The number of hydrogen-bond acceptors (Lipinski definition) is 5. The Morgan fingerprint density at radius 3 is 2.24 bits per heavy atom. The van der Waals surface area contributed by atoms with E-state index in [1.54, 1.807) is 24.3 Å². The molecule has 0 atom stereocenters. The van der Waals surface area contributed by atoms with E-state index < -0.39 is 28.4 Å². The summed E-state index contributed by atoms with van der Waals surface area (Å²) in [6, 6.07) is 13.5. The maximum absolute atomic E-state index is 12.5. The fourth-order valence-electron chi connectivity index (χ4n) is 3.80. The first-order valence-electron chi connectivity index (χ1n) is 9.78. The van der Waals surface area contributed by atoms with Gasteiger partial charge < -0.3 is 10.2 Å². The summed E-state index contributed by atoms with van der Waals surface area (Å²) in [4.78, 5) is 27.1. The SMILES string of the molecule is O=C(CN1C(=O)c2ccccc2S1(=O)=O)Nc1ccc(N2CCCCCC2)cc1. The first kappa shape index (κ1) is 19.4. The molecule has 0 radical (unpaired) electrons. The molecule has 0 bridgehead atoms. The van der Waals surface area contributed by atoms with Crippen LogP contribution in [0.1, 0.15) is 36.0 Å². The van der Waals surface area contributed by atoms with Crippen LogP contribution in [0.4, 0.5) is 11.4 Å². The predicted molar refractivity (Wildman–Crippen MR) is 110 cm³/mol. The lowest BCUT2D eigenvalue weighted by Gasteiger charge is -2.23. The number of carbonyl (C=O) groups excluding carboxylic acids is 2. The molecule has 7 nitrogen and oxygen atoms in total. The quantitative estimate of drug-likeness (QED) is 0.833. The molecule has 0 spiro atoms. The van der Waals surface area contributed by atoms with Crippen LogP contribution >= 0.6 is 0 Å². The molecule has 29 heavy (non-hydrogen) atoms. The number of rotatable bonds is 4. The number of fused-ring (bicyclic) bond motifs is 1. The minimum Gasteiger partial charge on any atom is -0.372 e. The Kier molecular flexibility index (Phi) is 5.27. The molecular formula is C21H23N3O4S. The summed E-state index contributed by atoms with van der Waals surface area (Å²) >= 11 is 0. The molecule has 0 saturated carbocycles. The van der Waals surface area contributed by atoms with Crippen LogP contribution < -0.4 is 10.2 Å². The lowest BCUT2D eigenvalue weighted by atomic mass is 10.2. The number of anilines is 2. The summed E-state index contributed by atoms with van der Waals surface area (Å²) in [5.41, 5.74) is 1.77. The molecule has 1 fully saturated rings. The van der Waals surface area contributed by atoms with Crippen molar-refractivity contribution in [2.45, 2.75) is 30.6 Å². The van der Waals surface area contributed by atoms with Gasteiger partial charge in [-0.25, -0.2) is 12.7 Å². The summed E-state index contributed by atoms with van der Waals surface area (Å²) in [6.07, 6.45) is 4.87. The van der Waals surface area contributed by atoms with Gasteiger partial charge >= 0.3 is 0 Å². The lowest BCUT2D eigenvalue weighted by Crippen LogP contribution is -2.37. The zero-order valence-electron chi connectivity index (χ0n) is 16.0. The van der Waals surface area contributed by atoms with Gasteiger partial charge in [-0.3, -0.25) is 9.59 Å². The molecule has 8 heteroatoms. The first-order valence-corrected chi connectivity index (χ1v) is 11.2. The minimum atomic E-state index is -3.99. The predicted octanol–water partition coefficient (Wildman–Crippen LogP) is 2.85. The Bertz CT molecular complexity index is 1030. The summed E-state index contributed by atoms with van der Waals surface area (Å²) in [6.45, 7) is 1.51. The maximum Gasteiger partial charge on any atom is 0.269 e. The van der Waals surface area contributed by atoms with Gasteiger partial charge in [0.2, 0.25) is 5.91 Å². The number of hydrogen-bond donors (Lipinski definition) is 1. The lowest BCUT2D eigenvalue weighted by molar-refractivity contribution is -0.116. The van der Waals surface area contributed by atoms with Crippen molar-refractivity contribution in [3.63, 3.8) is 0 Å². The normalized spacial score (nSPS) is 18.3. The van der Waals surface area contributed by atoms with E-state index in [1.807, 2.05) is 12.1 Å². The van der Waals surface area contributed by atoms with E-state index in [0.29, 0.717) is 9.99 Å². The van der Waals surface area contributed by atoms with E-state index in [-0.39, 0.29) is 10.5 Å². The van der Waals surface area contributed by atoms with Crippen LogP contribution in [0.5, 0.6) is 0 Å². The van der Waals surface area contributed by atoms with Crippen molar-refractivity contribution < 1.29 is 18.0 Å². The van der Waals surface area contributed by atoms with Crippen LogP contribution in [0.15, 0.2) is 53.4 Å². The van der Waals surface area contributed by atoms with Crippen molar-refractivity contribution in [2.75, 3.05) is 29.9 Å². The minimum absolute atomic E-state index is 0.0559. The highest BCUT2D eigenvalue weighted by Crippen LogP contribution is 2.29. The van der Waals surface area contributed by atoms with E-state index in [1.165, 1.54) is 37.8 Å². The second-order valence-corrected chi connectivity index (χ2v) is 9.14. The van der Waals surface area contributed by atoms with E-state index in [4.69, 9.17) is 0 Å². The summed E-state index contributed by atoms with van der Waals surface area (Å²) < 4.78 is 25.7. The third-order valence-corrected chi connectivity index (χ3v) is 7.11. The second-order valence-electron chi connectivity index (χ2n) is 7.31. The van der Waals surface area contributed by atoms with Crippen molar-refractivity contribution in [2.24, 2.45) is 0 Å². The van der Waals surface area contributed by atoms with Crippen molar-refractivity contribution in [1.82, 2.24) is 4.31 Å². The molecule has 2 aromatic rings. The monoisotopic (exact) mass is 413 g/mol. The Morgan fingerprint density at radius 2 is 1.59 bits per heavy atom. The van der Waals surface area contributed by atoms with Gasteiger partial charge in [0.1, 0.15) is 11.4 Å². The van der Waals surface area contributed by atoms with Gasteiger partial charge in [0.05, 0.1) is 5.56 Å². The molecule has 1 saturated heterocycles. The molecule has 2 aliphatic heterocycles. The summed E-state index contributed by atoms with van der Waals surface area (Å²) in [5, 5.41) is 2.68. The number of carbonyl (C=O) groups is 2. The number of nitrogens with one attached hydrogen (secondary N) is 1. The smallest absolute Gasteiger partial charge is 0.269 e. The molecule has 2 aromatic carbocycles. The van der Waals surface area contributed by atoms with E-state index in [0.717, 1.165) is 18.8 Å². The van der Waals surface area contributed by atoms with Gasteiger partial charge in [-0.05, 0) is 49.2 Å². The average molecular weight is 413 g/mol. The highest BCUT2D eigenvalue weighted by molar-refractivity contribution is 7.90. The van der Waals surface area contributed by atoms with Gasteiger partial charge in [0, 0.05) is 24.5 Å². The summed E-state index contributed by atoms with van der Waals surface area (Å²) in [5.74, 6) is -1.23. The second kappa shape index (κ2) is 7.87. The topological polar surface area (TPSA) is 86.8 Å². The van der Waals surface area contributed by atoms with Crippen molar-refractivity contribution in [3.05, 3.63) is 54.1 Å². The fourth-order valence-corrected chi connectivity index (χ4v) is 5.33. The number of amides is 2. The molecule has 2 amide bonds. The molecule has 2 aliphatic rings. The number of nitrogens with zero attached hydrogens (tertiary/aromatic N) is 2. The Morgan fingerprint density at radius 1 is 0.931 bits per heavy atom. The highest BCUT2D eigenvalue weighted by atomic mass is 32.2. The summed E-state index contributed by atoms with van der Waals surface area (Å²) in [7, 11) is -3.99. The molecule has 0 unspecified atom stereocenters. The molecular weight excluding hydrogens is 390 g/mol. The Labute approximate surface area is 170 Å². The Hall–Kier alpha value is -2.87. The molecule has 2 heterocycles. The molecule has 0 aliphatic carbocycles. The number of benzene rings is 2. The van der Waals surface area contributed by atoms with Crippen LogP contribution in [-0.4, -0.2) is 44.2 Å². The van der Waals surface area contributed by atoms with Gasteiger partial charge in [-0.2, -0.15) is 0 Å². The zero-order chi connectivity index (χ0) is 20.4. The van der Waals surface area contributed by atoms with Crippen LogP contribution in [-0.2, 0) is 14.8 Å². The number of sulfonamides is 1.